The van der Waals surface area contributed by atoms with Crippen molar-refractivity contribution in [3.05, 3.63) is 0 Å². The molecule has 84 valence electrons. The molecule has 14 heavy (non-hydrogen) atoms. The van der Waals surface area contributed by atoms with Crippen LogP contribution >= 0.6 is 0 Å². The number of likely N-dealkylation sites (tertiary alicyclic amines) is 1. The van der Waals surface area contributed by atoms with Gasteiger partial charge in [0.2, 0.25) is 0 Å². The maximum absolute atomic E-state index is 5.55. The van der Waals surface area contributed by atoms with Crippen molar-refractivity contribution in [1.82, 2.24) is 4.90 Å². The Kier molecular flexibility index (Phi) is 4.39. The molecule has 0 spiro atoms. The molecule has 0 unspecified atom stereocenters. The van der Waals surface area contributed by atoms with Gasteiger partial charge in [-0.1, -0.05) is 20.8 Å². The lowest BCUT2D eigenvalue weighted by Gasteiger charge is -2.34. The Hall–Kier alpha value is -0.0800. The van der Waals surface area contributed by atoms with Gasteiger partial charge in [-0.15, -0.1) is 0 Å². The van der Waals surface area contributed by atoms with Crippen LogP contribution in [0.3, 0.4) is 0 Å². The molecule has 0 aromatic rings. The first-order valence-corrected chi connectivity index (χ1v) is 5.94. The predicted octanol–water partition coefficient (Wildman–Crippen LogP) is 2.09. The number of nitrogens with zero attached hydrogens (tertiary/aromatic N) is 1. The average molecular weight is 198 g/mol. The lowest BCUT2D eigenvalue weighted by Crippen LogP contribution is -2.37. The van der Waals surface area contributed by atoms with Crippen LogP contribution in [0.4, 0.5) is 0 Å². The first-order chi connectivity index (χ1) is 6.51. The fourth-order valence-corrected chi connectivity index (χ4v) is 2.46. The van der Waals surface area contributed by atoms with Gasteiger partial charge in [0.25, 0.3) is 0 Å². The summed E-state index contributed by atoms with van der Waals surface area (Å²) in [6, 6.07) is 0. The Morgan fingerprint density at radius 3 is 2.21 bits per heavy atom. The largest absolute Gasteiger partial charge is 0.329 e. The molecule has 2 heteroatoms. The number of hydrogen-bond acceptors (Lipinski definition) is 2. The summed E-state index contributed by atoms with van der Waals surface area (Å²) in [6.07, 6.45) is 4.12. The molecule has 1 rings (SSSR count). The lowest BCUT2D eigenvalue weighted by atomic mass is 9.80. The van der Waals surface area contributed by atoms with E-state index in [0.717, 1.165) is 19.0 Å². The molecule has 1 saturated heterocycles. The normalized spacial score (nSPS) is 21.4. The summed E-state index contributed by atoms with van der Waals surface area (Å²) < 4.78 is 0. The van der Waals surface area contributed by atoms with Crippen LogP contribution in [0.25, 0.3) is 0 Å². The highest BCUT2D eigenvalue weighted by Gasteiger charge is 2.23. The lowest BCUT2D eigenvalue weighted by molar-refractivity contribution is 0.155. The molecule has 1 fully saturated rings. The minimum atomic E-state index is 0.501. The second kappa shape index (κ2) is 5.13. The smallest absolute Gasteiger partial charge is 0.0105 e. The van der Waals surface area contributed by atoms with Crippen LogP contribution in [0, 0.1) is 11.3 Å². The molecule has 0 radical (unpaired) electrons. The van der Waals surface area contributed by atoms with Crippen molar-refractivity contribution in [1.29, 1.82) is 0 Å². The van der Waals surface area contributed by atoms with Crippen molar-refractivity contribution in [3.8, 4) is 0 Å². The number of rotatable bonds is 3. The highest BCUT2D eigenvalue weighted by molar-refractivity contribution is 4.76. The highest BCUT2D eigenvalue weighted by Crippen LogP contribution is 2.30. The molecule has 0 aromatic heterocycles. The molecule has 0 amide bonds. The number of piperidine rings is 1. The van der Waals surface area contributed by atoms with Crippen molar-refractivity contribution < 1.29 is 0 Å². The monoisotopic (exact) mass is 198 g/mol. The van der Waals surface area contributed by atoms with E-state index in [1.807, 2.05) is 0 Å². The van der Waals surface area contributed by atoms with Crippen LogP contribution in [0.15, 0.2) is 0 Å². The minimum Gasteiger partial charge on any atom is -0.329 e. The molecule has 1 aliphatic heterocycles. The Bertz CT molecular complexity index is 152. The van der Waals surface area contributed by atoms with Gasteiger partial charge in [0, 0.05) is 13.1 Å². The van der Waals surface area contributed by atoms with E-state index in [9.17, 15) is 0 Å². The quantitative estimate of drug-likeness (QED) is 0.752. The summed E-state index contributed by atoms with van der Waals surface area (Å²) in [7, 11) is 0. The molecule has 0 saturated carbocycles. The minimum absolute atomic E-state index is 0.501. The van der Waals surface area contributed by atoms with Crippen LogP contribution < -0.4 is 5.73 Å². The number of hydrogen-bond donors (Lipinski definition) is 1. The summed E-state index contributed by atoms with van der Waals surface area (Å²) in [4.78, 5) is 2.50. The molecule has 1 aliphatic rings. The third-order valence-corrected chi connectivity index (χ3v) is 3.05. The Labute approximate surface area is 88.8 Å². The predicted molar refractivity (Wildman–Crippen MR) is 62.3 cm³/mol. The van der Waals surface area contributed by atoms with Gasteiger partial charge in [0.15, 0.2) is 0 Å². The summed E-state index contributed by atoms with van der Waals surface area (Å²) in [5.41, 5.74) is 6.05. The Morgan fingerprint density at radius 2 is 1.79 bits per heavy atom. The third-order valence-electron chi connectivity index (χ3n) is 3.05. The van der Waals surface area contributed by atoms with E-state index in [0.29, 0.717) is 5.41 Å². The molecular weight excluding hydrogens is 172 g/mol. The second-order valence-electron chi connectivity index (χ2n) is 5.84. The van der Waals surface area contributed by atoms with E-state index in [4.69, 9.17) is 5.73 Å². The van der Waals surface area contributed by atoms with Crippen molar-refractivity contribution in [2.45, 2.75) is 40.0 Å². The van der Waals surface area contributed by atoms with E-state index >= 15 is 0 Å². The van der Waals surface area contributed by atoms with E-state index in [2.05, 4.69) is 25.7 Å². The topological polar surface area (TPSA) is 29.3 Å². The van der Waals surface area contributed by atoms with Crippen LogP contribution in [-0.2, 0) is 0 Å². The van der Waals surface area contributed by atoms with Gasteiger partial charge in [0.1, 0.15) is 0 Å². The van der Waals surface area contributed by atoms with E-state index in [1.165, 1.54) is 32.4 Å². The van der Waals surface area contributed by atoms with Crippen LogP contribution in [0.1, 0.15) is 40.0 Å². The van der Waals surface area contributed by atoms with E-state index in [-0.39, 0.29) is 0 Å². The van der Waals surface area contributed by atoms with E-state index in [1.54, 1.807) is 0 Å². The van der Waals surface area contributed by atoms with Gasteiger partial charge < -0.3 is 10.6 Å². The molecule has 2 N–H and O–H groups in total. The summed E-state index contributed by atoms with van der Waals surface area (Å²) in [6.45, 7) is 11.5. The van der Waals surface area contributed by atoms with E-state index < -0.39 is 0 Å². The molecule has 0 atom stereocenters. The van der Waals surface area contributed by atoms with Crippen LogP contribution in [-0.4, -0.2) is 31.1 Å². The Balaban J connectivity index is 2.22. The number of nitrogens with two attached hydrogens (primary N) is 1. The molecule has 0 bridgehead atoms. The van der Waals surface area contributed by atoms with Gasteiger partial charge in [-0.25, -0.2) is 0 Å². The first kappa shape index (κ1) is 12.0. The summed E-state index contributed by atoms with van der Waals surface area (Å²) >= 11 is 0. The molecule has 0 aliphatic carbocycles. The zero-order valence-corrected chi connectivity index (χ0v) is 10.1. The van der Waals surface area contributed by atoms with Gasteiger partial charge in [-0.3, -0.25) is 0 Å². The van der Waals surface area contributed by atoms with Gasteiger partial charge in [-0.05, 0) is 43.7 Å². The zero-order valence-electron chi connectivity index (χ0n) is 10.1. The van der Waals surface area contributed by atoms with Gasteiger partial charge in [0.05, 0.1) is 0 Å². The highest BCUT2D eigenvalue weighted by atomic mass is 15.1. The second-order valence-corrected chi connectivity index (χ2v) is 5.84. The molecular formula is C12H26N2. The SMILES string of the molecule is CC(C)(C)CC1CCN(CCN)CC1. The van der Waals surface area contributed by atoms with Crippen molar-refractivity contribution in [3.63, 3.8) is 0 Å². The third kappa shape index (κ3) is 4.43. The first-order valence-electron chi connectivity index (χ1n) is 5.94. The fourth-order valence-electron chi connectivity index (χ4n) is 2.46. The van der Waals surface area contributed by atoms with Crippen LogP contribution in [0.2, 0.25) is 0 Å². The maximum atomic E-state index is 5.55. The summed E-state index contributed by atoms with van der Waals surface area (Å²) in [5.74, 6) is 0.948. The van der Waals surface area contributed by atoms with Crippen molar-refractivity contribution >= 4 is 0 Å². The Morgan fingerprint density at radius 1 is 1.21 bits per heavy atom. The maximum Gasteiger partial charge on any atom is 0.0105 e. The molecule has 0 aromatic carbocycles. The standard InChI is InChI=1S/C12H26N2/c1-12(2,3)10-11-4-7-14(8-5-11)9-6-13/h11H,4-10,13H2,1-3H3. The van der Waals surface area contributed by atoms with Crippen molar-refractivity contribution in [2.24, 2.45) is 17.1 Å². The van der Waals surface area contributed by atoms with Crippen molar-refractivity contribution in [2.75, 3.05) is 26.2 Å². The average Bonchev–Trinajstić information content (AvgIpc) is 2.06. The fraction of sp³-hybridized carbons (Fsp3) is 1.00. The van der Waals surface area contributed by atoms with Crippen LogP contribution in [0.5, 0.6) is 0 Å². The van der Waals surface area contributed by atoms with Gasteiger partial charge >= 0.3 is 0 Å². The van der Waals surface area contributed by atoms with Gasteiger partial charge in [-0.2, -0.15) is 0 Å². The molecule has 2 nitrogen and oxygen atoms in total. The zero-order chi connectivity index (χ0) is 10.6. The summed E-state index contributed by atoms with van der Waals surface area (Å²) in [5, 5.41) is 0. The molecule has 1 heterocycles.